The molecule has 1 aliphatic heterocycles. The second-order valence-electron chi connectivity index (χ2n) is 3.61. The van der Waals surface area contributed by atoms with Crippen LogP contribution in [0, 0.1) is 0 Å². The standard InChI is InChI=1S/C10H18N2O/c1-4-10(13)12-7-9(11-3)6-5-8(12)2/h4,8-9,11H,1,5-7H2,2-3H3. The second kappa shape index (κ2) is 4.42. The molecule has 0 spiro atoms. The highest BCUT2D eigenvalue weighted by Gasteiger charge is 2.26. The molecule has 1 aliphatic rings. The summed E-state index contributed by atoms with van der Waals surface area (Å²) in [4.78, 5) is 13.3. The molecule has 0 aromatic rings. The Hall–Kier alpha value is -0.830. The van der Waals surface area contributed by atoms with Gasteiger partial charge >= 0.3 is 0 Å². The zero-order valence-electron chi connectivity index (χ0n) is 8.42. The van der Waals surface area contributed by atoms with Gasteiger partial charge in [-0.25, -0.2) is 0 Å². The molecule has 3 nitrogen and oxygen atoms in total. The van der Waals surface area contributed by atoms with Crippen molar-refractivity contribution in [3.63, 3.8) is 0 Å². The molecule has 1 N–H and O–H groups in total. The van der Waals surface area contributed by atoms with Crippen LogP contribution in [0.5, 0.6) is 0 Å². The topological polar surface area (TPSA) is 32.3 Å². The quantitative estimate of drug-likeness (QED) is 0.640. The lowest BCUT2D eigenvalue weighted by atomic mass is 9.99. The van der Waals surface area contributed by atoms with Gasteiger partial charge in [0.05, 0.1) is 0 Å². The summed E-state index contributed by atoms with van der Waals surface area (Å²) in [5, 5.41) is 3.21. The number of hydrogen-bond donors (Lipinski definition) is 1. The molecule has 74 valence electrons. The number of carbonyl (C=O) groups is 1. The highest BCUT2D eigenvalue weighted by molar-refractivity contribution is 5.87. The van der Waals surface area contributed by atoms with E-state index < -0.39 is 0 Å². The molecule has 1 saturated heterocycles. The minimum atomic E-state index is 0.0486. The van der Waals surface area contributed by atoms with Crippen molar-refractivity contribution in [3.8, 4) is 0 Å². The first-order valence-corrected chi connectivity index (χ1v) is 4.79. The normalized spacial score (nSPS) is 28.6. The number of nitrogens with zero attached hydrogens (tertiary/aromatic N) is 1. The lowest BCUT2D eigenvalue weighted by Gasteiger charge is -2.37. The Labute approximate surface area is 79.8 Å². The van der Waals surface area contributed by atoms with Crippen molar-refractivity contribution in [2.24, 2.45) is 0 Å². The molecule has 1 heterocycles. The Morgan fingerprint density at radius 1 is 1.62 bits per heavy atom. The molecule has 0 bridgehead atoms. The van der Waals surface area contributed by atoms with E-state index in [1.54, 1.807) is 0 Å². The molecule has 0 aliphatic carbocycles. The van der Waals surface area contributed by atoms with Gasteiger partial charge < -0.3 is 10.2 Å². The zero-order chi connectivity index (χ0) is 9.84. The highest BCUT2D eigenvalue weighted by atomic mass is 16.2. The van der Waals surface area contributed by atoms with Crippen LogP contribution in [-0.2, 0) is 4.79 Å². The Balaban J connectivity index is 2.59. The van der Waals surface area contributed by atoms with Crippen LogP contribution in [0.4, 0.5) is 0 Å². The average Bonchev–Trinajstić information content (AvgIpc) is 2.17. The zero-order valence-corrected chi connectivity index (χ0v) is 8.42. The summed E-state index contributed by atoms with van der Waals surface area (Å²) in [5.74, 6) is 0.0486. The van der Waals surface area contributed by atoms with Gasteiger partial charge in [0.2, 0.25) is 5.91 Å². The van der Waals surface area contributed by atoms with Gasteiger partial charge in [-0.1, -0.05) is 6.58 Å². The maximum absolute atomic E-state index is 11.4. The van der Waals surface area contributed by atoms with Gasteiger partial charge in [0.1, 0.15) is 0 Å². The summed E-state index contributed by atoms with van der Waals surface area (Å²) in [7, 11) is 1.94. The molecule has 1 fully saturated rings. The molecule has 0 aromatic carbocycles. The fourth-order valence-corrected chi connectivity index (χ4v) is 1.77. The predicted molar refractivity (Wildman–Crippen MR) is 53.5 cm³/mol. The summed E-state index contributed by atoms with van der Waals surface area (Å²) in [6.45, 7) is 6.41. The molecule has 0 radical (unpaired) electrons. The van der Waals surface area contributed by atoms with Crippen LogP contribution in [0.25, 0.3) is 0 Å². The van der Waals surface area contributed by atoms with E-state index >= 15 is 0 Å². The first-order chi connectivity index (χ1) is 6.19. The number of carbonyl (C=O) groups excluding carboxylic acids is 1. The summed E-state index contributed by atoms with van der Waals surface area (Å²) in [5.41, 5.74) is 0. The van der Waals surface area contributed by atoms with Crippen LogP contribution in [0.1, 0.15) is 19.8 Å². The molecule has 3 heteroatoms. The van der Waals surface area contributed by atoms with Gasteiger partial charge in [0.15, 0.2) is 0 Å². The molecule has 0 aromatic heterocycles. The molecule has 1 rings (SSSR count). The predicted octanol–water partition coefficient (Wildman–Crippen LogP) is 0.771. The largest absolute Gasteiger partial charge is 0.335 e. The highest BCUT2D eigenvalue weighted by Crippen LogP contribution is 2.16. The van der Waals surface area contributed by atoms with Crippen LogP contribution < -0.4 is 5.32 Å². The van der Waals surface area contributed by atoms with Crippen molar-refractivity contribution in [2.45, 2.75) is 31.8 Å². The van der Waals surface area contributed by atoms with Crippen LogP contribution in [0.3, 0.4) is 0 Å². The number of likely N-dealkylation sites (tertiary alicyclic amines) is 1. The van der Waals surface area contributed by atoms with E-state index in [1.807, 2.05) is 11.9 Å². The van der Waals surface area contributed by atoms with E-state index in [1.165, 1.54) is 6.08 Å². The molecule has 1 amide bonds. The Bertz CT molecular complexity index is 203. The summed E-state index contributed by atoms with van der Waals surface area (Å²) < 4.78 is 0. The molecule has 13 heavy (non-hydrogen) atoms. The Kier molecular flexibility index (Phi) is 3.48. The van der Waals surface area contributed by atoms with Crippen LogP contribution in [0.15, 0.2) is 12.7 Å². The monoisotopic (exact) mass is 182 g/mol. The van der Waals surface area contributed by atoms with Crippen LogP contribution in [0.2, 0.25) is 0 Å². The van der Waals surface area contributed by atoms with Crippen LogP contribution in [-0.4, -0.2) is 36.5 Å². The van der Waals surface area contributed by atoms with Crippen molar-refractivity contribution in [2.75, 3.05) is 13.6 Å². The fourth-order valence-electron chi connectivity index (χ4n) is 1.77. The van der Waals surface area contributed by atoms with Gasteiger partial charge in [-0.3, -0.25) is 4.79 Å². The number of rotatable bonds is 2. The lowest BCUT2D eigenvalue weighted by Crippen LogP contribution is -2.50. The van der Waals surface area contributed by atoms with Crippen molar-refractivity contribution in [1.82, 2.24) is 10.2 Å². The average molecular weight is 182 g/mol. The Morgan fingerprint density at radius 3 is 2.85 bits per heavy atom. The first-order valence-electron chi connectivity index (χ1n) is 4.79. The SMILES string of the molecule is C=CC(=O)N1CC(NC)CCC1C. The van der Waals surface area contributed by atoms with E-state index in [-0.39, 0.29) is 5.91 Å². The Morgan fingerprint density at radius 2 is 2.31 bits per heavy atom. The fraction of sp³-hybridized carbons (Fsp3) is 0.700. The molecule has 0 saturated carbocycles. The molecular weight excluding hydrogens is 164 g/mol. The number of amides is 1. The number of nitrogens with one attached hydrogen (secondary N) is 1. The minimum absolute atomic E-state index is 0.0486. The first kappa shape index (κ1) is 10.3. The summed E-state index contributed by atoms with van der Waals surface area (Å²) in [6.07, 6.45) is 3.62. The third kappa shape index (κ3) is 2.31. The van der Waals surface area contributed by atoms with Gasteiger partial charge in [0.25, 0.3) is 0 Å². The molecule has 2 unspecified atom stereocenters. The van der Waals surface area contributed by atoms with E-state index in [0.717, 1.165) is 19.4 Å². The van der Waals surface area contributed by atoms with Crippen molar-refractivity contribution < 1.29 is 4.79 Å². The van der Waals surface area contributed by atoms with Gasteiger partial charge in [-0.05, 0) is 32.9 Å². The maximum Gasteiger partial charge on any atom is 0.246 e. The van der Waals surface area contributed by atoms with Crippen molar-refractivity contribution in [3.05, 3.63) is 12.7 Å². The third-order valence-electron chi connectivity index (χ3n) is 2.75. The van der Waals surface area contributed by atoms with Crippen molar-refractivity contribution >= 4 is 5.91 Å². The van der Waals surface area contributed by atoms with Gasteiger partial charge in [0, 0.05) is 18.6 Å². The number of likely N-dealkylation sites (N-methyl/N-ethyl adjacent to an activating group) is 1. The number of piperidine rings is 1. The minimum Gasteiger partial charge on any atom is -0.335 e. The molecule has 2 atom stereocenters. The second-order valence-corrected chi connectivity index (χ2v) is 3.61. The van der Waals surface area contributed by atoms with E-state index in [9.17, 15) is 4.79 Å². The summed E-state index contributed by atoms with van der Waals surface area (Å²) in [6, 6.07) is 0.801. The maximum atomic E-state index is 11.4. The van der Waals surface area contributed by atoms with Gasteiger partial charge in [-0.2, -0.15) is 0 Å². The van der Waals surface area contributed by atoms with Crippen LogP contribution >= 0.6 is 0 Å². The van der Waals surface area contributed by atoms with Crippen molar-refractivity contribution in [1.29, 1.82) is 0 Å². The smallest absolute Gasteiger partial charge is 0.246 e. The van der Waals surface area contributed by atoms with E-state index in [4.69, 9.17) is 0 Å². The number of hydrogen-bond acceptors (Lipinski definition) is 2. The molecular formula is C10H18N2O. The lowest BCUT2D eigenvalue weighted by molar-refractivity contribution is -0.129. The van der Waals surface area contributed by atoms with Gasteiger partial charge in [-0.15, -0.1) is 0 Å². The van der Waals surface area contributed by atoms with E-state index in [2.05, 4.69) is 18.8 Å². The summed E-state index contributed by atoms with van der Waals surface area (Å²) >= 11 is 0. The third-order valence-corrected chi connectivity index (χ3v) is 2.75. The van der Waals surface area contributed by atoms with E-state index in [0.29, 0.717) is 12.1 Å².